The van der Waals surface area contributed by atoms with Crippen LogP contribution in [0.3, 0.4) is 0 Å². The van der Waals surface area contributed by atoms with E-state index in [1.54, 1.807) is 17.0 Å². The van der Waals surface area contributed by atoms with Gasteiger partial charge in [0.25, 0.3) is 5.91 Å². The number of amides is 2. The highest BCUT2D eigenvalue weighted by atomic mass is 19.4. The molecule has 0 aliphatic carbocycles. The van der Waals surface area contributed by atoms with E-state index in [1.165, 1.54) is 6.20 Å². The maximum atomic E-state index is 12.6. The van der Waals surface area contributed by atoms with E-state index in [1.807, 2.05) is 4.90 Å². The predicted octanol–water partition coefficient (Wildman–Crippen LogP) is 1.82. The molecule has 2 fully saturated rings. The number of pyridine rings is 1. The summed E-state index contributed by atoms with van der Waals surface area (Å²) in [6.07, 6.45) is -2.74. The van der Waals surface area contributed by atoms with Crippen LogP contribution in [0, 0.1) is 5.92 Å². The summed E-state index contributed by atoms with van der Waals surface area (Å²) in [5, 5.41) is 2.74. The third-order valence-corrected chi connectivity index (χ3v) is 4.79. The van der Waals surface area contributed by atoms with Crippen LogP contribution in [0.4, 0.5) is 18.9 Å². The van der Waals surface area contributed by atoms with Gasteiger partial charge in [-0.15, -0.1) is 0 Å². The van der Waals surface area contributed by atoms with Gasteiger partial charge in [-0.25, -0.2) is 0 Å². The summed E-state index contributed by atoms with van der Waals surface area (Å²) in [7, 11) is 0. The molecule has 0 atom stereocenters. The smallest absolute Gasteiger partial charge is 0.360 e. The number of carbonyl (C=O) groups is 2. The van der Waals surface area contributed by atoms with Gasteiger partial charge in [0.2, 0.25) is 5.91 Å². The first-order valence-corrected chi connectivity index (χ1v) is 8.65. The van der Waals surface area contributed by atoms with Crippen molar-refractivity contribution in [1.29, 1.82) is 0 Å². The van der Waals surface area contributed by atoms with Crippen LogP contribution in [-0.2, 0) is 4.79 Å². The molecule has 1 N–H and O–H groups in total. The van der Waals surface area contributed by atoms with Gasteiger partial charge in [-0.05, 0) is 30.9 Å². The summed E-state index contributed by atoms with van der Waals surface area (Å²) in [5.74, 6) is -0.781. The van der Waals surface area contributed by atoms with Gasteiger partial charge in [0.1, 0.15) is 5.69 Å². The molecule has 142 valence electrons. The minimum absolute atomic E-state index is 0.0762. The second-order valence-corrected chi connectivity index (χ2v) is 6.73. The number of alkyl halides is 3. The lowest BCUT2D eigenvalue weighted by atomic mass is 9.93. The van der Waals surface area contributed by atoms with E-state index in [0.717, 1.165) is 5.69 Å². The maximum Gasteiger partial charge on any atom is 0.389 e. The molecular weight excluding hydrogens is 349 g/mol. The van der Waals surface area contributed by atoms with Gasteiger partial charge in [-0.3, -0.25) is 14.6 Å². The zero-order chi connectivity index (χ0) is 18.7. The molecule has 6 nitrogen and oxygen atoms in total. The molecule has 0 aromatic carbocycles. The van der Waals surface area contributed by atoms with Crippen molar-refractivity contribution in [2.45, 2.75) is 25.4 Å². The molecule has 2 amide bonds. The van der Waals surface area contributed by atoms with Gasteiger partial charge in [0.05, 0.1) is 6.54 Å². The van der Waals surface area contributed by atoms with Crippen LogP contribution in [0.5, 0.6) is 0 Å². The Labute approximate surface area is 149 Å². The van der Waals surface area contributed by atoms with Crippen molar-refractivity contribution in [3.63, 3.8) is 0 Å². The van der Waals surface area contributed by atoms with E-state index in [2.05, 4.69) is 10.3 Å². The van der Waals surface area contributed by atoms with Gasteiger partial charge >= 0.3 is 6.18 Å². The summed E-state index contributed by atoms with van der Waals surface area (Å²) < 4.78 is 37.5. The van der Waals surface area contributed by atoms with Crippen LogP contribution in [0.25, 0.3) is 0 Å². The van der Waals surface area contributed by atoms with Gasteiger partial charge in [-0.1, -0.05) is 0 Å². The van der Waals surface area contributed by atoms with Crippen molar-refractivity contribution >= 4 is 17.5 Å². The van der Waals surface area contributed by atoms with E-state index in [4.69, 9.17) is 0 Å². The molecule has 26 heavy (non-hydrogen) atoms. The molecule has 2 saturated heterocycles. The monoisotopic (exact) mass is 370 g/mol. The fraction of sp³-hybridized carbons (Fsp3) is 0.588. The number of likely N-dealkylation sites (tertiary alicyclic amines) is 1. The van der Waals surface area contributed by atoms with Crippen LogP contribution >= 0.6 is 0 Å². The molecule has 9 heteroatoms. The normalized spacial score (nSPS) is 19.4. The SMILES string of the molecule is O=C1CN(c2ccnc(C(=O)N3CCC(CC(F)(F)F)CC3)c2)CCN1. The largest absolute Gasteiger partial charge is 0.389 e. The maximum absolute atomic E-state index is 12.6. The van der Waals surface area contributed by atoms with E-state index in [0.29, 0.717) is 39.0 Å². The molecule has 0 radical (unpaired) electrons. The van der Waals surface area contributed by atoms with E-state index >= 15 is 0 Å². The number of rotatable bonds is 3. The van der Waals surface area contributed by atoms with Gasteiger partial charge in [0, 0.05) is 44.5 Å². The fourth-order valence-electron chi connectivity index (χ4n) is 3.42. The quantitative estimate of drug-likeness (QED) is 0.882. The van der Waals surface area contributed by atoms with Crippen LogP contribution in [0.1, 0.15) is 29.8 Å². The second kappa shape index (κ2) is 7.51. The lowest BCUT2D eigenvalue weighted by Gasteiger charge is -2.32. The average molecular weight is 370 g/mol. The second-order valence-electron chi connectivity index (χ2n) is 6.73. The van der Waals surface area contributed by atoms with Crippen molar-refractivity contribution in [2.24, 2.45) is 5.92 Å². The van der Waals surface area contributed by atoms with Crippen molar-refractivity contribution in [2.75, 3.05) is 37.6 Å². The highest BCUT2D eigenvalue weighted by Gasteiger charge is 2.34. The highest BCUT2D eigenvalue weighted by Crippen LogP contribution is 2.31. The number of hydrogen-bond donors (Lipinski definition) is 1. The van der Waals surface area contributed by atoms with Crippen molar-refractivity contribution in [3.8, 4) is 0 Å². The Morgan fingerprint density at radius 3 is 2.65 bits per heavy atom. The Kier molecular flexibility index (Phi) is 5.33. The van der Waals surface area contributed by atoms with Crippen molar-refractivity contribution in [3.05, 3.63) is 24.0 Å². The Morgan fingerprint density at radius 2 is 2.00 bits per heavy atom. The molecule has 0 saturated carbocycles. The number of nitrogens with one attached hydrogen (secondary N) is 1. The molecule has 3 rings (SSSR count). The van der Waals surface area contributed by atoms with Crippen LogP contribution in [0.15, 0.2) is 18.3 Å². The molecule has 0 bridgehead atoms. The average Bonchev–Trinajstić information content (AvgIpc) is 2.60. The van der Waals surface area contributed by atoms with E-state index < -0.39 is 18.5 Å². The third-order valence-electron chi connectivity index (χ3n) is 4.79. The molecule has 0 spiro atoms. The predicted molar refractivity (Wildman–Crippen MR) is 88.8 cm³/mol. The lowest BCUT2D eigenvalue weighted by molar-refractivity contribution is -0.147. The number of piperidine rings is 1. The molecule has 0 unspecified atom stereocenters. The molecule has 1 aromatic heterocycles. The number of piperazine rings is 1. The number of halogens is 3. The fourth-order valence-corrected chi connectivity index (χ4v) is 3.42. The van der Waals surface area contributed by atoms with E-state index in [9.17, 15) is 22.8 Å². The summed E-state index contributed by atoms with van der Waals surface area (Å²) in [4.78, 5) is 31.7. The Hall–Kier alpha value is -2.32. The zero-order valence-electron chi connectivity index (χ0n) is 14.3. The molecule has 2 aliphatic rings. The Bertz CT molecular complexity index is 672. The highest BCUT2D eigenvalue weighted by molar-refractivity contribution is 5.93. The third kappa shape index (κ3) is 4.64. The number of anilines is 1. The molecule has 1 aromatic rings. The summed E-state index contributed by atoms with van der Waals surface area (Å²) in [6, 6.07) is 3.38. The first kappa shape index (κ1) is 18.5. The minimum atomic E-state index is -4.16. The van der Waals surface area contributed by atoms with Crippen LogP contribution in [-0.4, -0.2) is 60.6 Å². The van der Waals surface area contributed by atoms with E-state index in [-0.39, 0.29) is 24.1 Å². The summed E-state index contributed by atoms with van der Waals surface area (Å²) in [5.41, 5.74) is 0.993. The zero-order valence-corrected chi connectivity index (χ0v) is 14.3. The van der Waals surface area contributed by atoms with Crippen LogP contribution < -0.4 is 10.2 Å². The topological polar surface area (TPSA) is 65.5 Å². The lowest BCUT2D eigenvalue weighted by Crippen LogP contribution is -2.47. The molecule has 2 aliphatic heterocycles. The first-order chi connectivity index (χ1) is 12.3. The number of carbonyl (C=O) groups excluding carboxylic acids is 2. The van der Waals surface area contributed by atoms with Crippen LogP contribution in [0.2, 0.25) is 0 Å². The number of hydrogen-bond acceptors (Lipinski definition) is 4. The number of nitrogens with zero attached hydrogens (tertiary/aromatic N) is 3. The summed E-state index contributed by atoms with van der Waals surface area (Å²) >= 11 is 0. The standard InChI is InChI=1S/C17H21F3N4O2/c18-17(19,20)10-12-2-6-23(7-3-12)16(26)14-9-13(1-4-21-14)24-8-5-22-15(25)11-24/h1,4,9,12H,2-3,5-8,10-11H2,(H,22,25). The number of aromatic nitrogens is 1. The molecule has 3 heterocycles. The Balaban J connectivity index is 1.62. The van der Waals surface area contributed by atoms with Gasteiger partial charge in [0.15, 0.2) is 0 Å². The Morgan fingerprint density at radius 1 is 1.27 bits per heavy atom. The van der Waals surface area contributed by atoms with Gasteiger partial charge < -0.3 is 15.1 Å². The van der Waals surface area contributed by atoms with Crippen molar-refractivity contribution in [1.82, 2.24) is 15.2 Å². The van der Waals surface area contributed by atoms with Gasteiger partial charge in [-0.2, -0.15) is 13.2 Å². The minimum Gasteiger partial charge on any atom is -0.360 e. The first-order valence-electron chi connectivity index (χ1n) is 8.65. The molecular formula is C17H21F3N4O2. The summed E-state index contributed by atoms with van der Waals surface area (Å²) in [6.45, 7) is 2.01. The van der Waals surface area contributed by atoms with Crippen molar-refractivity contribution < 1.29 is 22.8 Å².